The van der Waals surface area contributed by atoms with Crippen LogP contribution in [0.25, 0.3) is 0 Å². The molecule has 4 nitrogen and oxygen atoms in total. The number of nitrogens with zero attached hydrogens (tertiary/aromatic N) is 1. The predicted molar refractivity (Wildman–Crippen MR) is 63.9 cm³/mol. The fourth-order valence-corrected chi connectivity index (χ4v) is 2.62. The molecule has 1 radical (unpaired) electrons. The van der Waals surface area contributed by atoms with Crippen LogP contribution in [-0.4, -0.2) is 28.1 Å². The van der Waals surface area contributed by atoms with Gasteiger partial charge in [-0.25, -0.2) is 18.5 Å². The lowest BCUT2D eigenvalue weighted by Crippen LogP contribution is -2.29. The first-order valence-electron chi connectivity index (χ1n) is 5.26. The van der Waals surface area contributed by atoms with Crippen molar-refractivity contribution >= 4 is 10.0 Å². The van der Waals surface area contributed by atoms with Crippen LogP contribution in [0.15, 0.2) is 29.2 Å². The summed E-state index contributed by atoms with van der Waals surface area (Å²) in [5.74, 6) is 0. The number of hydrogen-bond donors (Lipinski definition) is 1. The summed E-state index contributed by atoms with van der Waals surface area (Å²) in [6.07, 6.45) is 0. The number of hydrogen-bond acceptors (Lipinski definition) is 2. The van der Waals surface area contributed by atoms with E-state index in [2.05, 4.69) is 10.0 Å². The van der Waals surface area contributed by atoms with Gasteiger partial charge in [0.25, 0.3) is 0 Å². The Morgan fingerprint density at radius 1 is 1.31 bits per heavy atom. The zero-order valence-electron chi connectivity index (χ0n) is 9.60. The molecular weight excluding hydrogens is 224 g/mol. The molecule has 0 unspecified atom stereocenters. The van der Waals surface area contributed by atoms with Gasteiger partial charge in [-0.2, -0.15) is 0 Å². The van der Waals surface area contributed by atoms with Crippen LogP contribution in [0.2, 0.25) is 0 Å². The number of sulfonamides is 1. The number of rotatable bonds is 6. The topological polar surface area (TPSA) is 60.3 Å². The molecule has 1 aromatic rings. The molecule has 0 atom stereocenters. The number of likely N-dealkylation sites (N-methyl/N-ethyl adjacent to an activating group) is 1. The average molecular weight is 241 g/mol. The monoisotopic (exact) mass is 241 g/mol. The first kappa shape index (κ1) is 13.2. The lowest BCUT2D eigenvalue weighted by molar-refractivity contribution is 0.576. The smallest absolute Gasteiger partial charge is 0.240 e. The van der Waals surface area contributed by atoms with Gasteiger partial charge in [0.1, 0.15) is 0 Å². The minimum Gasteiger partial charge on any atom is -0.241 e. The Balaban J connectivity index is 2.68. The first-order chi connectivity index (χ1) is 7.58. The number of aryl methyl sites for hydroxylation is 1. The van der Waals surface area contributed by atoms with Crippen molar-refractivity contribution in [1.82, 2.24) is 10.0 Å². The van der Waals surface area contributed by atoms with E-state index in [9.17, 15) is 8.42 Å². The summed E-state index contributed by atoms with van der Waals surface area (Å²) in [6.45, 7) is 5.29. The van der Waals surface area contributed by atoms with E-state index < -0.39 is 10.0 Å². The molecule has 0 saturated heterocycles. The van der Waals surface area contributed by atoms with Crippen molar-refractivity contribution in [3.8, 4) is 0 Å². The second kappa shape index (κ2) is 5.98. The third kappa shape index (κ3) is 3.59. The van der Waals surface area contributed by atoms with Crippen molar-refractivity contribution in [3.05, 3.63) is 29.8 Å². The van der Waals surface area contributed by atoms with Gasteiger partial charge >= 0.3 is 0 Å². The molecule has 0 amide bonds. The predicted octanol–water partition coefficient (Wildman–Crippen LogP) is 0.898. The third-order valence-electron chi connectivity index (χ3n) is 2.17. The van der Waals surface area contributed by atoms with E-state index in [0.717, 1.165) is 5.56 Å². The maximum atomic E-state index is 11.9. The highest BCUT2D eigenvalue weighted by atomic mass is 32.2. The van der Waals surface area contributed by atoms with Gasteiger partial charge in [0, 0.05) is 19.6 Å². The Bertz CT molecular complexity index is 429. The van der Waals surface area contributed by atoms with E-state index in [-0.39, 0.29) is 0 Å². The fourth-order valence-electron chi connectivity index (χ4n) is 1.35. The minimum atomic E-state index is -3.38. The molecule has 0 aliphatic heterocycles. The van der Waals surface area contributed by atoms with Crippen molar-refractivity contribution in [1.29, 1.82) is 0 Å². The van der Waals surface area contributed by atoms with Crippen LogP contribution >= 0.6 is 0 Å². The molecule has 1 rings (SSSR count). The normalized spacial score (nSPS) is 11.6. The summed E-state index contributed by atoms with van der Waals surface area (Å²) in [4.78, 5) is 0.339. The fraction of sp³-hybridized carbons (Fsp3) is 0.455. The highest BCUT2D eigenvalue weighted by Crippen LogP contribution is 2.13. The largest absolute Gasteiger partial charge is 0.241 e. The van der Waals surface area contributed by atoms with Gasteiger partial charge in [-0.3, -0.25) is 0 Å². The Hall–Kier alpha value is -0.910. The standard InChI is InChI=1S/C11H17N2O2S/c1-3-12-8-9-13-16(14,15)11-7-5-4-6-10(11)2/h4-7,13H,3,8-9H2,1-2H3. The van der Waals surface area contributed by atoms with E-state index in [1.165, 1.54) is 0 Å². The molecule has 0 aromatic heterocycles. The molecule has 1 aromatic carbocycles. The maximum Gasteiger partial charge on any atom is 0.240 e. The van der Waals surface area contributed by atoms with Crippen molar-refractivity contribution in [2.75, 3.05) is 19.6 Å². The zero-order valence-corrected chi connectivity index (χ0v) is 10.4. The van der Waals surface area contributed by atoms with Crippen molar-refractivity contribution < 1.29 is 8.42 Å². The SMILES string of the molecule is CC[N]CCNS(=O)(=O)c1ccccc1C. The maximum absolute atomic E-state index is 11.9. The van der Waals surface area contributed by atoms with E-state index in [1.807, 2.05) is 13.0 Å². The molecule has 1 N–H and O–H groups in total. The van der Waals surface area contributed by atoms with Gasteiger partial charge in [-0.05, 0) is 18.6 Å². The molecule has 89 valence electrons. The number of benzene rings is 1. The van der Waals surface area contributed by atoms with Crippen LogP contribution in [0.4, 0.5) is 0 Å². The molecular formula is C11H17N2O2S. The van der Waals surface area contributed by atoms with Gasteiger partial charge in [0.05, 0.1) is 4.90 Å². The second-order valence-corrected chi connectivity index (χ2v) is 5.16. The van der Waals surface area contributed by atoms with Gasteiger partial charge in [0.2, 0.25) is 10.0 Å². The van der Waals surface area contributed by atoms with E-state index in [4.69, 9.17) is 0 Å². The van der Waals surface area contributed by atoms with Gasteiger partial charge < -0.3 is 0 Å². The molecule has 0 spiro atoms. The van der Waals surface area contributed by atoms with Crippen LogP contribution in [0.5, 0.6) is 0 Å². The molecule has 0 aliphatic rings. The summed E-state index contributed by atoms with van der Waals surface area (Å²) in [7, 11) is -3.38. The molecule has 0 bridgehead atoms. The van der Waals surface area contributed by atoms with Crippen molar-refractivity contribution in [3.63, 3.8) is 0 Å². The van der Waals surface area contributed by atoms with Gasteiger partial charge in [-0.15, -0.1) is 0 Å². The Morgan fingerprint density at radius 2 is 2.00 bits per heavy atom. The molecule has 0 fully saturated rings. The summed E-state index contributed by atoms with van der Waals surface area (Å²) in [5.41, 5.74) is 0.752. The highest BCUT2D eigenvalue weighted by molar-refractivity contribution is 7.89. The molecule has 0 saturated carbocycles. The molecule has 5 heteroatoms. The van der Waals surface area contributed by atoms with Crippen molar-refractivity contribution in [2.24, 2.45) is 0 Å². The Kier molecular flexibility index (Phi) is 4.92. The summed E-state index contributed by atoms with van der Waals surface area (Å²) < 4.78 is 26.3. The summed E-state index contributed by atoms with van der Waals surface area (Å²) in [5, 5.41) is 4.06. The third-order valence-corrected chi connectivity index (χ3v) is 3.79. The van der Waals surface area contributed by atoms with E-state index in [0.29, 0.717) is 24.5 Å². The minimum absolute atomic E-state index is 0.339. The van der Waals surface area contributed by atoms with Gasteiger partial charge in [0.15, 0.2) is 0 Å². The Morgan fingerprint density at radius 3 is 2.62 bits per heavy atom. The first-order valence-corrected chi connectivity index (χ1v) is 6.75. The molecule has 0 heterocycles. The van der Waals surface area contributed by atoms with Crippen LogP contribution in [0.3, 0.4) is 0 Å². The molecule has 16 heavy (non-hydrogen) atoms. The molecule has 0 aliphatic carbocycles. The average Bonchev–Trinajstić information content (AvgIpc) is 2.25. The lowest BCUT2D eigenvalue weighted by Gasteiger charge is -2.08. The highest BCUT2D eigenvalue weighted by Gasteiger charge is 2.14. The van der Waals surface area contributed by atoms with Gasteiger partial charge in [-0.1, -0.05) is 25.1 Å². The lowest BCUT2D eigenvalue weighted by atomic mass is 10.2. The number of nitrogens with one attached hydrogen (secondary N) is 1. The zero-order chi connectivity index (χ0) is 12.0. The second-order valence-electron chi connectivity index (χ2n) is 3.43. The van der Waals surface area contributed by atoms with Crippen LogP contribution in [0, 0.1) is 6.92 Å². The van der Waals surface area contributed by atoms with Crippen LogP contribution in [-0.2, 0) is 10.0 Å². The van der Waals surface area contributed by atoms with Crippen molar-refractivity contribution in [2.45, 2.75) is 18.7 Å². The Labute approximate surface area is 97.1 Å². The summed E-state index contributed by atoms with van der Waals surface area (Å²) in [6, 6.07) is 6.93. The van der Waals surface area contributed by atoms with E-state index >= 15 is 0 Å². The quantitative estimate of drug-likeness (QED) is 0.752. The van der Waals surface area contributed by atoms with E-state index in [1.54, 1.807) is 25.1 Å². The van der Waals surface area contributed by atoms with Crippen LogP contribution < -0.4 is 10.0 Å². The summed E-state index contributed by atoms with van der Waals surface area (Å²) >= 11 is 0. The van der Waals surface area contributed by atoms with Crippen LogP contribution in [0.1, 0.15) is 12.5 Å².